The van der Waals surface area contributed by atoms with E-state index in [1.165, 1.54) is 0 Å². The number of rotatable bonds is 1. The summed E-state index contributed by atoms with van der Waals surface area (Å²) in [7, 11) is 0. The average Bonchev–Trinajstić information content (AvgIpc) is 2.51. The molecule has 0 saturated carbocycles. The van der Waals surface area contributed by atoms with Crippen molar-refractivity contribution >= 4 is 5.97 Å². The first-order valence-electron chi connectivity index (χ1n) is 4.58. The van der Waals surface area contributed by atoms with E-state index in [0.717, 1.165) is 5.57 Å². The third-order valence-corrected chi connectivity index (χ3v) is 2.88. The van der Waals surface area contributed by atoms with Crippen LogP contribution >= 0.6 is 0 Å². The van der Waals surface area contributed by atoms with Crippen molar-refractivity contribution in [2.24, 2.45) is 11.8 Å². The fraction of sp³-hybridized carbons (Fsp3) is 0.700. The summed E-state index contributed by atoms with van der Waals surface area (Å²) < 4.78 is 4.92. The van der Waals surface area contributed by atoms with Crippen LogP contribution in [-0.2, 0) is 9.53 Å². The minimum Gasteiger partial charge on any atom is -0.465 e. The molecule has 0 bridgehead atoms. The lowest BCUT2D eigenvalue weighted by molar-refractivity contribution is -0.141. The number of hydrogen-bond acceptors (Lipinski definition) is 3. The third kappa shape index (κ3) is 1.37. The van der Waals surface area contributed by atoms with Crippen molar-refractivity contribution in [1.29, 1.82) is 0 Å². The predicted octanol–water partition coefficient (Wildman–Crippen LogP) is 0.877. The first-order valence-corrected chi connectivity index (χ1v) is 4.58. The maximum absolute atomic E-state index is 11.2. The number of aliphatic hydroxyl groups is 1. The highest BCUT2D eigenvalue weighted by Crippen LogP contribution is 2.40. The molecule has 0 spiro atoms. The zero-order valence-corrected chi connectivity index (χ0v) is 7.91. The van der Waals surface area contributed by atoms with E-state index in [1.807, 2.05) is 6.08 Å². The van der Waals surface area contributed by atoms with Gasteiger partial charge in [-0.25, -0.2) is 0 Å². The van der Waals surface area contributed by atoms with E-state index in [9.17, 15) is 9.90 Å². The van der Waals surface area contributed by atoms with Crippen LogP contribution in [0.15, 0.2) is 11.6 Å². The van der Waals surface area contributed by atoms with E-state index < -0.39 is 5.60 Å². The van der Waals surface area contributed by atoms with Crippen LogP contribution in [-0.4, -0.2) is 23.3 Å². The SMILES string of the molecule is CC(C)(O)C1=C[C@@H]2COC(=O)[C@@H]2C1. The highest BCUT2D eigenvalue weighted by atomic mass is 16.5. The zero-order valence-electron chi connectivity index (χ0n) is 7.91. The average molecular weight is 182 g/mol. The molecule has 1 saturated heterocycles. The normalized spacial score (nSPS) is 32.8. The molecule has 1 aliphatic heterocycles. The van der Waals surface area contributed by atoms with Crippen molar-refractivity contribution < 1.29 is 14.6 Å². The smallest absolute Gasteiger partial charge is 0.310 e. The fourth-order valence-electron chi connectivity index (χ4n) is 1.99. The van der Waals surface area contributed by atoms with E-state index in [2.05, 4.69) is 0 Å². The Labute approximate surface area is 77.4 Å². The summed E-state index contributed by atoms with van der Waals surface area (Å²) in [5.41, 5.74) is 0.184. The summed E-state index contributed by atoms with van der Waals surface area (Å²) in [6, 6.07) is 0. The second kappa shape index (κ2) is 2.58. The molecule has 3 heteroatoms. The summed E-state index contributed by atoms with van der Waals surface area (Å²) in [5, 5.41) is 9.74. The molecule has 0 radical (unpaired) electrons. The fourth-order valence-corrected chi connectivity index (χ4v) is 1.99. The molecule has 1 fully saturated rings. The quantitative estimate of drug-likeness (QED) is 0.483. The summed E-state index contributed by atoms with van der Waals surface area (Å²) in [6.07, 6.45) is 2.66. The Morgan fingerprint density at radius 3 is 2.85 bits per heavy atom. The Hall–Kier alpha value is -0.830. The van der Waals surface area contributed by atoms with Gasteiger partial charge in [0.1, 0.15) is 0 Å². The molecule has 0 aromatic carbocycles. The van der Waals surface area contributed by atoms with E-state index in [-0.39, 0.29) is 17.8 Å². The molecule has 72 valence electrons. The van der Waals surface area contributed by atoms with Gasteiger partial charge in [0.2, 0.25) is 0 Å². The Morgan fingerprint density at radius 1 is 1.62 bits per heavy atom. The van der Waals surface area contributed by atoms with Gasteiger partial charge in [0, 0.05) is 5.92 Å². The lowest BCUT2D eigenvalue weighted by atomic mass is 9.94. The Morgan fingerprint density at radius 2 is 2.31 bits per heavy atom. The van der Waals surface area contributed by atoms with Gasteiger partial charge in [0.25, 0.3) is 0 Å². The van der Waals surface area contributed by atoms with Crippen LogP contribution in [0.2, 0.25) is 0 Å². The van der Waals surface area contributed by atoms with Gasteiger partial charge in [-0.15, -0.1) is 0 Å². The van der Waals surface area contributed by atoms with Crippen molar-refractivity contribution in [2.45, 2.75) is 25.9 Å². The van der Waals surface area contributed by atoms with Gasteiger partial charge >= 0.3 is 5.97 Å². The van der Waals surface area contributed by atoms with Gasteiger partial charge in [-0.05, 0) is 25.8 Å². The second-order valence-corrected chi connectivity index (χ2v) is 4.36. The van der Waals surface area contributed by atoms with Gasteiger partial charge in [-0.3, -0.25) is 4.79 Å². The maximum Gasteiger partial charge on any atom is 0.310 e. The first kappa shape index (κ1) is 8.75. The van der Waals surface area contributed by atoms with Gasteiger partial charge in [0.15, 0.2) is 0 Å². The molecule has 0 unspecified atom stereocenters. The number of ether oxygens (including phenoxy) is 1. The molecule has 2 atom stereocenters. The Kier molecular flexibility index (Phi) is 1.74. The minimum atomic E-state index is -0.787. The number of carbonyl (C=O) groups is 1. The monoisotopic (exact) mass is 182 g/mol. The van der Waals surface area contributed by atoms with Gasteiger partial charge < -0.3 is 9.84 Å². The van der Waals surface area contributed by atoms with Gasteiger partial charge in [-0.2, -0.15) is 0 Å². The lowest BCUT2D eigenvalue weighted by Crippen LogP contribution is -2.22. The maximum atomic E-state index is 11.2. The predicted molar refractivity (Wildman–Crippen MR) is 46.9 cm³/mol. The van der Waals surface area contributed by atoms with Crippen molar-refractivity contribution in [2.75, 3.05) is 6.61 Å². The number of fused-ring (bicyclic) bond motifs is 1. The Bertz CT molecular complexity index is 272. The van der Waals surface area contributed by atoms with Gasteiger partial charge in [0.05, 0.1) is 18.1 Å². The van der Waals surface area contributed by atoms with Crippen LogP contribution in [0.4, 0.5) is 0 Å². The van der Waals surface area contributed by atoms with Crippen LogP contribution < -0.4 is 0 Å². The van der Waals surface area contributed by atoms with E-state index in [1.54, 1.807) is 13.8 Å². The number of carbonyl (C=O) groups excluding carboxylic acids is 1. The zero-order chi connectivity index (χ0) is 9.64. The second-order valence-electron chi connectivity index (χ2n) is 4.36. The summed E-state index contributed by atoms with van der Waals surface area (Å²) >= 11 is 0. The minimum absolute atomic E-state index is 0.0265. The molecular weight excluding hydrogens is 168 g/mol. The summed E-state index contributed by atoms with van der Waals surface area (Å²) in [5.74, 6) is 0.0656. The van der Waals surface area contributed by atoms with Crippen LogP contribution in [0.3, 0.4) is 0 Å². The molecule has 13 heavy (non-hydrogen) atoms. The molecule has 3 nitrogen and oxygen atoms in total. The lowest BCUT2D eigenvalue weighted by Gasteiger charge is -2.19. The number of hydrogen-bond donors (Lipinski definition) is 1. The van der Waals surface area contributed by atoms with Crippen LogP contribution in [0.5, 0.6) is 0 Å². The van der Waals surface area contributed by atoms with Crippen LogP contribution in [0.25, 0.3) is 0 Å². The molecule has 1 aliphatic carbocycles. The van der Waals surface area contributed by atoms with Gasteiger partial charge in [-0.1, -0.05) is 6.08 Å². The molecular formula is C10H14O3. The highest BCUT2D eigenvalue weighted by molar-refractivity contribution is 5.76. The van der Waals surface area contributed by atoms with Crippen molar-refractivity contribution in [3.05, 3.63) is 11.6 Å². The van der Waals surface area contributed by atoms with Crippen LogP contribution in [0, 0.1) is 11.8 Å². The van der Waals surface area contributed by atoms with Crippen LogP contribution in [0.1, 0.15) is 20.3 Å². The van der Waals surface area contributed by atoms with E-state index >= 15 is 0 Å². The number of cyclic esters (lactones) is 1. The topological polar surface area (TPSA) is 46.5 Å². The van der Waals surface area contributed by atoms with E-state index in [4.69, 9.17) is 4.74 Å². The van der Waals surface area contributed by atoms with E-state index in [0.29, 0.717) is 13.0 Å². The van der Waals surface area contributed by atoms with Crippen molar-refractivity contribution in [1.82, 2.24) is 0 Å². The molecule has 2 rings (SSSR count). The molecule has 1 N–H and O–H groups in total. The number of esters is 1. The molecule has 1 heterocycles. The largest absolute Gasteiger partial charge is 0.465 e. The third-order valence-electron chi connectivity index (χ3n) is 2.88. The molecule has 0 aromatic heterocycles. The molecule has 2 aliphatic rings. The van der Waals surface area contributed by atoms with Crippen molar-refractivity contribution in [3.63, 3.8) is 0 Å². The standard InChI is InChI=1S/C10H14O3/c1-10(2,12)7-3-6-5-13-9(11)8(6)4-7/h3,6,8,12H,4-5H2,1-2H3/t6-,8-/m1/s1. The first-order chi connectivity index (χ1) is 5.98. The molecule has 0 amide bonds. The molecule has 0 aromatic rings. The Balaban J connectivity index is 2.18. The summed E-state index contributed by atoms with van der Waals surface area (Å²) in [4.78, 5) is 11.2. The van der Waals surface area contributed by atoms with Crippen molar-refractivity contribution in [3.8, 4) is 0 Å². The highest BCUT2D eigenvalue weighted by Gasteiger charge is 2.42. The summed E-state index contributed by atoms with van der Waals surface area (Å²) in [6.45, 7) is 4.00.